The molecule has 0 atom stereocenters. The first kappa shape index (κ1) is 27.6. The van der Waals surface area contributed by atoms with Gasteiger partial charge in [-0.3, -0.25) is 0 Å². The normalized spacial score (nSPS) is 13.6. The summed E-state index contributed by atoms with van der Waals surface area (Å²) in [6, 6.07) is 28.0. The van der Waals surface area contributed by atoms with Crippen molar-refractivity contribution in [2.24, 2.45) is 0 Å². The molecule has 0 unspecified atom stereocenters. The fourth-order valence-electron chi connectivity index (χ4n) is 4.73. The maximum atomic E-state index is 7.47. The van der Waals surface area contributed by atoms with E-state index in [1.54, 1.807) is 0 Å². The Morgan fingerprint density at radius 3 is 1.89 bits per heavy atom. The van der Waals surface area contributed by atoms with Gasteiger partial charge in [-0.15, -0.1) is 0 Å². The first-order valence-corrected chi connectivity index (χ1v) is 16.9. The van der Waals surface area contributed by atoms with E-state index in [1.807, 2.05) is 0 Å². The zero-order chi connectivity index (χ0) is 26.5. The number of halogens is 1. The number of hydrogen-bond donors (Lipinski definition) is 0. The predicted molar refractivity (Wildman–Crippen MR) is 156 cm³/mol. The van der Waals surface area contributed by atoms with E-state index in [-0.39, 0.29) is 0 Å². The molecular weight excluding hydrogens is 566 g/mol. The van der Waals surface area contributed by atoms with Crippen molar-refractivity contribution in [1.82, 2.24) is 9.13 Å². The predicted octanol–water partition coefficient (Wildman–Crippen LogP) is 9.63. The van der Waals surface area contributed by atoms with Gasteiger partial charge in [0, 0.05) is 0 Å². The molecule has 0 saturated carbocycles. The standard InChI is InChI=1S/C24H30N2.C9H9.ClH.Pd/c1-17(2)22-13-10-14-23(18(3)4)24(22)26-16-25(19(5)20(26)6)15-21-11-8-7-9-12-21;1-2-6-9-7-4-3-5-8-9;;/h7-14,17-18H,15H2,1-6H3;2-8H,1H2;1H;/q;;;-1/p-1. The van der Waals surface area contributed by atoms with E-state index in [1.165, 1.54) is 43.2 Å². The van der Waals surface area contributed by atoms with Gasteiger partial charge in [-0.1, -0.05) is 0 Å². The molecule has 0 aliphatic carbocycles. The van der Waals surface area contributed by atoms with Gasteiger partial charge in [-0.25, -0.2) is 0 Å². The molecule has 3 aromatic carbocycles. The molecule has 0 aliphatic rings. The summed E-state index contributed by atoms with van der Waals surface area (Å²) < 4.78 is 6.27. The van der Waals surface area contributed by atoms with Crippen LogP contribution in [0.4, 0.5) is 0 Å². The van der Waals surface area contributed by atoms with Gasteiger partial charge in [-0.2, -0.15) is 0 Å². The van der Waals surface area contributed by atoms with Crippen LogP contribution in [0.3, 0.4) is 0 Å². The van der Waals surface area contributed by atoms with E-state index in [4.69, 9.17) is 9.53 Å². The number of aromatic nitrogens is 2. The average Bonchev–Trinajstić information content (AvgIpc) is 3.14. The van der Waals surface area contributed by atoms with E-state index in [2.05, 4.69) is 142 Å². The molecule has 4 heteroatoms. The molecule has 200 valence electrons. The Balaban J connectivity index is 1.99. The van der Waals surface area contributed by atoms with Crippen LogP contribution >= 0.6 is 9.53 Å². The average molecular weight is 606 g/mol. The number of rotatable bonds is 8. The van der Waals surface area contributed by atoms with Crippen LogP contribution < -0.4 is 0 Å². The van der Waals surface area contributed by atoms with Crippen LogP contribution in [0, 0.1) is 17.7 Å². The van der Waals surface area contributed by atoms with Gasteiger partial charge in [0.05, 0.1) is 0 Å². The number of imidazole rings is 1. The number of allylic oxidation sites excluding steroid dienone is 1. The summed E-state index contributed by atoms with van der Waals surface area (Å²) >= 11 is -1.62. The molecule has 0 radical (unpaired) electrons. The third kappa shape index (κ3) is 6.18. The zero-order valence-electron chi connectivity index (χ0n) is 22.8. The van der Waals surface area contributed by atoms with Crippen molar-refractivity contribution < 1.29 is 15.3 Å². The summed E-state index contributed by atoms with van der Waals surface area (Å²) in [6.45, 7) is 14.5. The van der Waals surface area contributed by atoms with Crippen LogP contribution in [0.1, 0.15) is 73.2 Å². The van der Waals surface area contributed by atoms with Gasteiger partial charge in [0.2, 0.25) is 0 Å². The summed E-state index contributed by atoms with van der Waals surface area (Å²) in [5.74, 6) is 0.828. The van der Waals surface area contributed by atoms with Crippen LogP contribution in [-0.4, -0.2) is 9.13 Å². The summed E-state index contributed by atoms with van der Waals surface area (Å²) in [4.78, 5) is 0.862. The molecule has 0 spiro atoms. The second-order valence-corrected chi connectivity index (χ2v) is 14.4. The minimum absolute atomic E-state index is 0.414. The third-order valence-corrected chi connectivity index (χ3v) is 10.5. The summed E-state index contributed by atoms with van der Waals surface area (Å²) in [6.07, 6.45) is 4.46. The number of para-hydroxylation sites is 1. The number of benzene rings is 3. The van der Waals surface area contributed by atoms with Gasteiger partial charge in [0.15, 0.2) is 0 Å². The Kier molecular flexibility index (Phi) is 9.25. The molecule has 0 aliphatic heterocycles. The monoisotopic (exact) mass is 604 g/mol. The molecule has 4 rings (SSSR count). The fraction of sp³-hybridized carbons (Fsp3) is 0.303. The van der Waals surface area contributed by atoms with Gasteiger partial charge in [-0.05, 0) is 0 Å². The molecule has 0 N–H and O–H groups in total. The topological polar surface area (TPSA) is 9.86 Å². The van der Waals surface area contributed by atoms with E-state index in [0.29, 0.717) is 11.8 Å². The fourth-order valence-corrected chi connectivity index (χ4v) is 8.20. The van der Waals surface area contributed by atoms with E-state index < -0.39 is 15.3 Å². The maximum absolute atomic E-state index is 7.47. The minimum atomic E-state index is -1.62. The van der Waals surface area contributed by atoms with E-state index in [0.717, 1.165) is 11.4 Å². The van der Waals surface area contributed by atoms with Crippen molar-refractivity contribution in [2.75, 3.05) is 0 Å². The van der Waals surface area contributed by atoms with Crippen LogP contribution in [0.5, 0.6) is 0 Å². The molecule has 37 heavy (non-hydrogen) atoms. The Labute approximate surface area is 232 Å². The molecule has 1 aromatic heterocycles. The third-order valence-electron chi connectivity index (χ3n) is 6.84. The van der Waals surface area contributed by atoms with Crippen LogP contribution in [-0.2, 0) is 21.8 Å². The van der Waals surface area contributed by atoms with Crippen molar-refractivity contribution in [1.29, 1.82) is 0 Å². The molecule has 0 saturated heterocycles. The van der Waals surface area contributed by atoms with Crippen molar-refractivity contribution >= 4 is 15.6 Å². The molecule has 0 amide bonds. The molecule has 1 heterocycles. The Morgan fingerprint density at radius 2 is 1.32 bits per heavy atom. The molecule has 4 aromatic rings. The quantitative estimate of drug-likeness (QED) is 0.177. The number of hydrogen-bond acceptors (Lipinski definition) is 0. The van der Waals surface area contributed by atoms with Crippen LogP contribution in [0.2, 0.25) is 4.89 Å². The van der Waals surface area contributed by atoms with Crippen molar-refractivity contribution in [3.63, 3.8) is 0 Å². The Morgan fingerprint density at radius 1 is 0.757 bits per heavy atom. The second-order valence-electron chi connectivity index (χ2n) is 10.1. The summed E-state index contributed by atoms with van der Waals surface area (Å²) in [5, 5.41) is 0. The summed E-state index contributed by atoms with van der Waals surface area (Å²) in [7, 11) is 7.47. The summed E-state index contributed by atoms with van der Waals surface area (Å²) in [5.41, 5.74) is 9.16. The van der Waals surface area contributed by atoms with Crippen molar-refractivity contribution in [2.45, 2.75) is 64.8 Å². The van der Waals surface area contributed by atoms with Crippen LogP contribution in [0.15, 0.2) is 84.9 Å². The van der Waals surface area contributed by atoms with Gasteiger partial charge in [0.25, 0.3) is 0 Å². The van der Waals surface area contributed by atoms with Gasteiger partial charge >= 0.3 is 233 Å². The van der Waals surface area contributed by atoms with Crippen molar-refractivity contribution in [3.05, 3.63) is 122 Å². The van der Waals surface area contributed by atoms with Crippen LogP contribution in [0.25, 0.3) is 11.8 Å². The number of nitrogens with zero attached hydrogens (tertiary/aromatic N) is 2. The van der Waals surface area contributed by atoms with Crippen molar-refractivity contribution in [3.8, 4) is 5.69 Å². The molecule has 2 nitrogen and oxygen atoms in total. The van der Waals surface area contributed by atoms with Gasteiger partial charge in [0.1, 0.15) is 0 Å². The Bertz CT molecular complexity index is 1410. The van der Waals surface area contributed by atoms with E-state index >= 15 is 0 Å². The first-order valence-electron chi connectivity index (χ1n) is 13.0. The first-order chi connectivity index (χ1) is 17.8. The SMILES string of the molecule is Cc1c(C)n(-c2c(C(C)C)cccc2C(C)C)[c](=[Pd-2]([Cl])[CH2]C=Cc2ccccc2)n1Cc1ccccc1. The molecule has 0 fully saturated rings. The molecular formula is C33H39ClN2Pd-2. The molecule has 0 bridgehead atoms. The second kappa shape index (κ2) is 12.4. The van der Waals surface area contributed by atoms with E-state index in [9.17, 15) is 0 Å². The van der Waals surface area contributed by atoms with Gasteiger partial charge < -0.3 is 0 Å². The Hall–Kier alpha value is -2.44. The zero-order valence-corrected chi connectivity index (χ0v) is 25.1.